The number of nitrogens with two attached hydrogens (primary N) is 1. The predicted molar refractivity (Wildman–Crippen MR) is 79.2 cm³/mol. The van der Waals surface area contributed by atoms with Crippen LogP contribution in [0.1, 0.15) is 31.2 Å². The standard InChI is InChI=1S/C16H24N2O2/c1-20-15(19)16(17,14-8-4-2-5-9-14)10-13-18-11-6-3-7-12-18/h2,4-5,8-9H,3,6-7,10-13,17H2,1H3. The van der Waals surface area contributed by atoms with Crippen LogP contribution in [0.25, 0.3) is 0 Å². The van der Waals surface area contributed by atoms with E-state index in [0.717, 1.165) is 25.2 Å². The summed E-state index contributed by atoms with van der Waals surface area (Å²) in [5.74, 6) is -0.360. The Bertz CT molecular complexity index is 429. The van der Waals surface area contributed by atoms with Crippen molar-refractivity contribution in [2.45, 2.75) is 31.2 Å². The van der Waals surface area contributed by atoms with Crippen molar-refractivity contribution in [3.8, 4) is 0 Å². The maximum absolute atomic E-state index is 12.1. The molecule has 0 aromatic heterocycles. The van der Waals surface area contributed by atoms with E-state index >= 15 is 0 Å². The largest absolute Gasteiger partial charge is 0.467 e. The molecule has 1 fully saturated rings. The third kappa shape index (κ3) is 3.38. The molecule has 4 nitrogen and oxygen atoms in total. The highest BCUT2D eigenvalue weighted by Crippen LogP contribution is 2.25. The summed E-state index contributed by atoms with van der Waals surface area (Å²) in [5.41, 5.74) is 6.16. The van der Waals surface area contributed by atoms with E-state index in [1.54, 1.807) is 0 Å². The van der Waals surface area contributed by atoms with Gasteiger partial charge in [-0.2, -0.15) is 0 Å². The average molecular weight is 276 g/mol. The van der Waals surface area contributed by atoms with E-state index in [9.17, 15) is 4.79 Å². The molecule has 1 aromatic rings. The topological polar surface area (TPSA) is 55.6 Å². The van der Waals surface area contributed by atoms with E-state index in [4.69, 9.17) is 10.5 Å². The average Bonchev–Trinajstić information content (AvgIpc) is 2.53. The minimum Gasteiger partial charge on any atom is -0.467 e. The number of carbonyl (C=O) groups excluding carboxylic acids is 1. The fourth-order valence-electron chi connectivity index (χ4n) is 2.80. The minimum atomic E-state index is -1.05. The van der Waals surface area contributed by atoms with E-state index in [0.29, 0.717) is 6.42 Å². The van der Waals surface area contributed by atoms with Crippen LogP contribution in [0.15, 0.2) is 30.3 Å². The second kappa shape index (κ2) is 6.86. The van der Waals surface area contributed by atoms with Gasteiger partial charge in [-0.15, -0.1) is 0 Å². The fraction of sp³-hybridized carbons (Fsp3) is 0.562. The lowest BCUT2D eigenvalue weighted by atomic mass is 9.87. The molecule has 1 atom stereocenters. The van der Waals surface area contributed by atoms with Gasteiger partial charge in [0, 0.05) is 6.54 Å². The molecule has 1 aromatic carbocycles. The summed E-state index contributed by atoms with van der Waals surface area (Å²) in [7, 11) is 1.40. The molecule has 4 heteroatoms. The lowest BCUT2D eigenvalue weighted by Crippen LogP contribution is -2.48. The van der Waals surface area contributed by atoms with Crippen LogP contribution in [0.4, 0.5) is 0 Å². The predicted octanol–water partition coefficient (Wildman–Crippen LogP) is 1.89. The van der Waals surface area contributed by atoms with Crippen LogP contribution in [-0.2, 0) is 15.1 Å². The van der Waals surface area contributed by atoms with Crippen LogP contribution in [0.3, 0.4) is 0 Å². The van der Waals surface area contributed by atoms with Gasteiger partial charge >= 0.3 is 5.97 Å². The molecule has 0 radical (unpaired) electrons. The molecule has 0 amide bonds. The van der Waals surface area contributed by atoms with Gasteiger partial charge in [-0.1, -0.05) is 36.8 Å². The number of likely N-dealkylation sites (tertiary alicyclic amines) is 1. The van der Waals surface area contributed by atoms with Crippen LogP contribution in [0.2, 0.25) is 0 Å². The molecule has 20 heavy (non-hydrogen) atoms. The van der Waals surface area contributed by atoms with Crippen molar-refractivity contribution in [3.05, 3.63) is 35.9 Å². The van der Waals surface area contributed by atoms with Crippen LogP contribution in [0, 0.1) is 0 Å². The minimum absolute atomic E-state index is 0.360. The van der Waals surface area contributed by atoms with Crippen molar-refractivity contribution < 1.29 is 9.53 Å². The Hall–Kier alpha value is -1.39. The Labute approximate surface area is 120 Å². The van der Waals surface area contributed by atoms with Crippen LogP contribution >= 0.6 is 0 Å². The third-order valence-electron chi connectivity index (χ3n) is 4.11. The van der Waals surface area contributed by atoms with Crippen molar-refractivity contribution >= 4 is 5.97 Å². The first-order valence-electron chi connectivity index (χ1n) is 7.32. The first-order chi connectivity index (χ1) is 9.66. The maximum Gasteiger partial charge on any atom is 0.330 e. The Balaban J connectivity index is 2.09. The number of rotatable bonds is 5. The van der Waals surface area contributed by atoms with Crippen LogP contribution in [-0.4, -0.2) is 37.6 Å². The number of hydrogen-bond donors (Lipinski definition) is 1. The molecule has 0 spiro atoms. The molecule has 1 heterocycles. The normalized spacial score (nSPS) is 19.3. The monoisotopic (exact) mass is 276 g/mol. The molecular weight excluding hydrogens is 252 g/mol. The highest BCUT2D eigenvalue weighted by molar-refractivity contribution is 5.82. The quantitative estimate of drug-likeness (QED) is 0.834. The highest BCUT2D eigenvalue weighted by atomic mass is 16.5. The number of carbonyl (C=O) groups is 1. The van der Waals surface area contributed by atoms with E-state index < -0.39 is 5.54 Å². The van der Waals surface area contributed by atoms with E-state index in [1.807, 2.05) is 30.3 Å². The van der Waals surface area contributed by atoms with Crippen LogP contribution < -0.4 is 5.73 Å². The Kier molecular flexibility index (Phi) is 5.15. The van der Waals surface area contributed by atoms with Gasteiger partial charge in [-0.3, -0.25) is 0 Å². The van der Waals surface area contributed by atoms with Gasteiger partial charge in [-0.25, -0.2) is 4.79 Å². The van der Waals surface area contributed by atoms with E-state index in [2.05, 4.69) is 4.90 Å². The molecule has 0 aliphatic carbocycles. The molecular formula is C16H24N2O2. The van der Waals surface area contributed by atoms with Crippen molar-refractivity contribution in [1.29, 1.82) is 0 Å². The molecule has 0 saturated carbocycles. The highest BCUT2D eigenvalue weighted by Gasteiger charge is 2.37. The summed E-state index contributed by atoms with van der Waals surface area (Å²) in [6.07, 6.45) is 4.37. The number of methoxy groups -OCH3 is 1. The smallest absolute Gasteiger partial charge is 0.330 e. The molecule has 1 unspecified atom stereocenters. The Morgan fingerprint density at radius 1 is 1.25 bits per heavy atom. The van der Waals surface area contributed by atoms with Crippen molar-refractivity contribution in [1.82, 2.24) is 4.90 Å². The van der Waals surface area contributed by atoms with Gasteiger partial charge in [0.2, 0.25) is 0 Å². The molecule has 2 rings (SSSR count). The number of esters is 1. The van der Waals surface area contributed by atoms with E-state index in [1.165, 1.54) is 26.4 Å². The van der Waals surface area contributed by atoms with Gasteiger partial charge in [0.05, 0.1) is 7.11 Å². The first kappa shape index (κ1) is 15.0. The zero-order chi connectivity index (χ0) is 14.4. The lowest BCUT2D eigenvalue weighted by molar-refractivity contribution is -0.148. The molecule has 1 aliphatic rings. The summed E-state index contributed by atoms with van der Waals surface area (Å²) in [6.45, 7) is 3.04. The number of hydrogen-bond acceptors (Lipinski definition) is 4. The molecule has 110 valence electrons. The summed E-state index contributed by atoms with van der Waals surface area (Å²) < 4.78 is 4.93. The first-order valence-corrected chi connectivity index (χ1v) is 7.32. The number of benzene rings is 1. The summed E-state index contributed by atoms with van der Waals surface area (Å²) in [6, 6.07) is 9.52. The van der Waals surface area contributed by atoms with Crippen molar-refractivity contribution in [2.24, 2.45) is 5.73 Å². The molecule has 1 aliphatic heterocycles. The van der Waals surface area contributed by atoms with Crippen molar-refractivity contribution in [2.75, 3.05) is 26.7 Å². The van der Waals surface area contributed by atoms with E-state index in [-0.39, 0.29) is 5.97 Å². The number of nitrogens with zero attached hydrogens (tertiary/aromatic N) is 1. The van der Waals surface area contributed by atoms with Gasteiger partial charge in [0.1, 0.15) is 5.54 Å². The number of piperidine rings is 1. The Morgan fingerprint density at radius 2 is 1.90 bits per heavy atom. The molecule has 0 bridgehead atoms. The number of ether oxygens (including phenoxy) is 1. The van der Waals surface area contributed by atoms with Crippen molar-refractivity contribution in [3.63, 3.8) is 0 Å². The summed E-state index contributed by atoms with van der Waals surface area (Å²) in [4.78, 5) is 14.5. The third-order valence-corrected chi connectivity index (χ3v) is 4.11. The van der Waals surface area contributed by atoms with Gasteiger partial charge in [-0.05, 0) is 37.9 Å². The zero-order valence-electron chi connectivity index (χ0n) is 12.2. The maximum atomic E-state index is 12.1. The fourth-order valence-corrected chi connectivity index (χ4v) is 2.80. The van der Waals surface area contributed by atoms with Gasteiger partial charge < -0.3 is 15.4 Å². The van der Waals surface area contributed by atoms with Crippen LogP contribution in [0.5, 0.6) is 0 Å². The lowest BCUT2D eigenvalue weighted by Gasteiger charge is -2.32. The SMILES string of the molecule is COC(=O)C(N)(CCN1CCCCC1)c1ccccc1. The molecule has 1 saturated heterocycles. The Morgan fingerprint density at radius 3 is 2.50 bits per heavy atom. The molecule has 2 N–H and O–H groups in total. The summed E-state index contributed by atoms with van der Waals surface area (Å²) >= 11 is 0. The second-order valence-electron chi connectivity index (χ2n) is 5.48. The zero-order valence-corrected chi connectivity index (χ0v) is 12.2. The van der Waals surface area contributed by atoms with Gasteiger partial charge in [0.15, 0.2) is 0 Å². The second-order valence-corrected chi connectivity index (χ2v) is 5.48. The van der Waals surface area contributed by atoms with Gasteiger partial charge in [0.25, 0.3) is 0 Å². The summed E-state index contributed by atoms with van der Waals surface area (Å²) in [5, 5.41) is 0.